The van der Waals surface area contributed by atoms with E-state index >= 15 is 0 Å². The molecule has 0 aliphatic carbocycles. The standard InChI is InChI=1S/C51H35N3/c1-3-14-39(15-4-1)51-52-49-35-44(26-31-50(49)54(51)45-20-5-2-6-21-45)41-19-11-18-40(32-41)38-22-27-46(28-23-38)53(47-29-24-36-12-7-9-16-42(36)33-47)48-30-25-37-13-8-10-17-43(37)34-48/h1-35H. The van der Waals surface area contributed by atoms with Gasteiger partial charge in [-0.3, -0.25) is 4.57 Å². The van der Waals surface area contributed by atoms with Crippen molar-refractivity contribution >= 4 is 49.6 Å². The van der Waals surface area contributed by atoms with Crippen molar-refractivity contribution in [3.63, 3.8) is 0 Å². The van der Waals surface area contributed by atoms with E-state index in [1.54, 1.807) is 0 Å². The predicted octanol–water partition coefficient (Wildman–Crippen LogP) is 13.8. The number of benzene rings is 9. The first kappa shape index (κ1) is 31.5. The van der Waals surface area contributed by atoms with Crippen molar-refractivity contribution < 1.29 is 0 Å². The number of aromatic nitrogens is 2. The molecule has 0 N–H and O–H groups in total. The van der Waals surface area contributed by atoms with Crippen LogP contribution in [0.4, 0.5) is 17.1 Å². The molecule has 0 aliphatic rings. The number of anilines is 3. The van der Waals surface area contributed by atoms with Crippen LogP contribution in [0.5, 0.6) is 0 Å². The molecule has 0 aliphatic heterocycles. The van der Waals surface area contributed by atoms with Crippen LogP contribution in [0.3, 0.4) is 0 Å². The predicted molar refractivity (Wildman–Crippen MR) is 227 cm³/mol. The topological polar surface area (TPSA) is 21.1 Å². The molecule has 0 fully saturated rings. The molecule has 0 unspecified atom stereocenters. The minimum atomic E-state index is 0.934. The Balaban J connectivity index is 1.02. The van der Waals surface area contributed by atoms with Crippen molar-refractivity contribution in [1.82, 2.24) is 9.55 Å². The van der Waals surface area contributed by atoms with E-state index in [9.17, 15) is 0 Å². The summed E-state index contributed by atoms with van der Waals surface area (Å²) in [5, 5.41) is 4.90. The van der Waals surface area contributed by atoms with E-state index in [0.717, 1.165) is 56.3 Å². The fourth-order valence-electron chi connectivity index (χ4n) is 7.64. The monoisotopic (exact) mass is 689 g/mol. The summed E-state index contributed by atoms with van der Waals surface area (Å²) < 4.78 is 2.26. The molecule has 0 radical (unpaired) electrons. The summed E-state index contributed by atoms with van der Waals surface area (Å²) in [5.74, 6) is 0.934. The third-order valence-corrected chi connectivity index (χ3v) is 10.3. The minimum absolute atomic E-state index is 0.934. The highest BCUT2D eigenvalue weighted by Crippen LogP contribution is 2.39. The van der Waals surface area contributed by atoms with Crippen molar-refractivity contribution in [2.24, 2.45) is 0 Å². The minimum Gasteiger partial charge on any atom is -0.310 e. The molecule has 9 aromatic carbocycles. The van der Waals surface area contributed by atoms with Crippen LogP contribution in [0.15, 0.2) is 212 Å². The van der Waals surface area contributed by atoms with Gasteiger partial charge in [0.25, 0.3) is 0 Å². The van der Waals surface area contributed by atoms with Gasteiger partial charge in [-0.2, -0.15) is 0 Å². The first-order valence-corrected chi connectivity index (χ1v) is 18.4. The van der Waals surface area contributed by atoms with Gasteiger partial charge in [-0.15, -0.1) is 0 Å². The van der Waals surface area contributed by atoms with E-state index in [0.29, 0.717) is 0 Å². The van der Waals surface area contributed by atoms with Crippen molar-refractivity contribution in [2.75, 3.05) is 4.90 Å². The molecule has 0 atom stereocenters. The average Bonchev–Trinajstić information content (AvgIpc) is 3.64. The van der Waals surface area contributed by atoms with Crippen LogP contribution >= 0.6 is 0 Å². The molecule has 10 aromatic rings. The van der Waals surface area contributed by atoms with E-state index < -0.39 is 0 Å². The Morgan fingerprint density at radius 3 is 1.48 bits per heavy atom. The van der Waals surface area contributed by atoms with Crippen LogP contribution in [0.25, 0.3) is 71.9 Å². The third-order valence-electron chi connectivity index (χ3n) is 10.3. The van der Waals surface area contributed by atoms with Gasteiger partial charge in [0, 0.05) is 28.3 Å². The molecular formula is C51H35N3. The summed E-state index contributed by atoms with van der Waals surface area (Å²) in [4.78, 5) is 7.55. The van der Waals surface area contributed by atoms with Gasteiger partial charge in [-0.25, -0.2) is 4.98 Å². The van der Waals surface area contributed by atoms with Crippen LogP contribution in [0.1, 0.15) is 0 Å². The summed E-state index contributed by atoms with van der Waals surface area (Å²) in [6.45, 7) is 0. The van der Waals surface area contributed by atoms with E-state index in [-0.39, 0.29) is 0 Å². The Kier molecular flexibility index (Phi) is 7.81. The number of imidazole rings is 1. The van der Waals surface area contributed by atoms with E-state index in [4.69, 9.17) is 4.98 Å². The maximum absolute atomic E-state index is 5.19. The number of nitrogens with zero attached hydrogens (tertiary/aromatic N) is 3. The lowest BCUT2D eigenvalue weighted by Gasteiger charge is -2.26. The molecule has 3 nitrogen and oxygen atoms in total. The molecule has 254 valence electrons. The summed E-state index contributed by atoms with van der Waals surface area (Å²) in [5.41, 5.74) is 12.2. The SMILES string of the molecule is c1ccc(-c2nc3cc(-c4cccc(-c5ccc(N(c6ccc7ccccc7c6)c6ccc7ccccc7c6)cc5)c4)ccc3n2-c2ccccc2)cc1. The first-order chi connectivity index (χ1) is 26.7. The second-order valence-electron chi connectivity index (χ2n) is 13.7. The van der Waals surface area contributed by atoms with Gasteiger partial charge in [0.1, 0.15) is 5.82 Å². The van der Waals surface area contributed by atoms with Gasteiger partial charge in [0.05, 0.1) is 11.0 Å². The fraction of sp³-hybridized carbons (Fsp3) is 0. The quantitative estimate of drug-likeness (QED) is 0.166. The molecule has 0 amide bonds. The lowest BCUT2D eigenvalue weighted by atomic mass is 9.98. The number of para-hydroxylation sites is 1. The highest BCUT2D eigenvalue weighted by atomic mass is 15.1. The summed E-state index contributed by atoms with van der Waals surface area (Å²) in [6.07, 6.45) is 0. The van der Waals surface area contributed by atoms with Crippen molar-refractivity contribution in [2.45, 2.75) is 0 Å². The Morgan fingerprint density at radius 1 is 0.333 bits per heavy atom. The van der Waals surface area contributed by atoms with Crippen LogP contribution in [-0.2, 0) is 0 Å². The number of hydrogen-bond donors (Lipinski definition) is 0. The van der Waals surface area contributed by atoms with Gasteiger partial charge in [-0.1, -0.05) is 146 Å². The fourth-order valence-corrected chi connectivity index (χ4v) is 7.64. The van der Waals surface area contributed by atoms with E-state index in [2.05, 4.69) is 216 Å². The average molecular weight is 690 g/mol. The molecular weight excluding hydrogens is 655 g/mol. The molecule has 1 heterocycles. The highest BCUT2D eigenvalue weighted by Gasteiger charge is 2.17. The van der Waals surface area contributed by atoms with Crippen LogP contribution in [-0.4, -0.2) is 9.55 Å². The largest absolute Gasteiger partial charge is 0.310 e. The van der Waals surface area contributed by atoms with E-state index in [1.807, 2.05) is 6.07 Å². The summed E-state index contributed by atoms with van der Waals surface area (Å²) in [6, 6.07) is 75.8. The molecule has 0 saturated heterocycles. The molecule has 3 heteroatoms. The van der Waals surface area contributed by atoms with Gasteiger partial charge in [0.2, 0.25) is 0 Å². The van der Waals surface area contributed by atoms with Gasteiger partial charge in [-0.05, 0) is 111 Å². The third kappa shape index (κ3) is 5.78. The Bertz CT molecular complexity index is 2850. The first-order valence-electron chi connectivity index (χ1n) is 18.4. The highest BCUT2D eigenvalue weighted by molar-refractivity contribution is 5.93. The Hall–Kier alpha value is -7.23. The van der Waals surface area contributed by atoms with Gasteiger partial charge >= 0.3 is 0 Å². The maximum atomic E-state index is 5.19. The number of fused-ring (bicyclic) bond motifs is 3. The summed E-state index contributed by atoms with van der Waals surface area (Å²) in [7, 11) is 0. The second-order valence-corrected chi connectivity index (χ2v) is 13.7. The number of hydrogen-bond acceptors (Lipinski definition) is 2. The van der Waals surface area contributed by atoms with Crippen molar-refractivity contribution in [1.29, 1.82) is 0 Å². The number of rotatable bonds is 7. The molecule has 0 spiro atoms. The Morgan fingerprint density at radius 2 is 0.833 bits per heavy atom. The smallest absolute Gasteiger partial charge is 0.145 e. The molecule has 10 rings (SSSR count). The zero-order valence-electron chi connectivity index (χ0n) is 29.5. The van der Waals surface area contributed by atoms with Crippen LogP contribution in [0.2, 0.25) is 0 Å². The van der Waals surface area contributed by atoms with Crippen molar-refractivity contribution in [3.8, 4) is 39.3 Å². The molecule has 1 aromatic heterocycles. The van der Waals surface area contributed by atoms with Crippen molar-refractivity contribution in [3.05, 3.63) is 212 Å². The summed E-state index contributed by atoms with van der Waals surface area (Å²) >= 11 is 0. The van der Waals surface area contributed by atoms with Crippen LogP contribution in [0, 0.1) is 0 Å². The lowest BCUT2D eigenvalue weighted by Crippen LogP contribution is -2.09. The normalized spacial score (nSPS) is 11.3. The second kappa shape index (κ2) is 13.4. The molecule has 0 bridgehead atoms. The lowest BCUT2D eigenvalue weighted by molar-refractivity contribution is 1.10. The molecule has 54 heavy (non-hydrogen) atoms. The zero-order valence-corrected chi connectivity index (χ0v) is 29.5. The molecule has 0 saturated carbocycles. The maximum Gasteiger partial charge on any atom is 0.145 e. The zero-order chi connectivity index (χ0) is 35.8. The Labute approximate surface area is 314 Å². The van der Waals surface area contributed by atoms with Gasteiger partial charge in [0.15, 0.2) is 0 Å². The van der Waals surface area contributed by atoms with Gasteiger partial charge < -0.3 is 4.90 Å². The van der Waals surface area contributed by atoms with E-state index in [1.165, 1.54) is 32.7 Å². The van der Waals surface area contributed by atoms with Crippen LogP contribution < -0.4 is 4.90 Å².